The fourth-order valence-corrected chi connectivity index (χ4v) is 3.63. The van der Waals surface area contributed by atoms with E-state index in [1.807, 2.05) is 7.05 Å². The highest BCUT2D eigenvalue weighted by Gasteiger charge is 2.21. The van der Waals surface area contributed by atoms with Crippen molar-refractivity contribution < 1.29 is 0 Å². The van der Waals surface area contributed by atoms with Crippen molar-refractivity contribution in [3.05, 3.63) is 35.9 Å². The average Bonchev–Trinajstić information content (AvgIpc) is 2.52. The summed E-state index contributed by atoms with van der Waals surface area (Å²) >= 11 is 2.09. The fourth-order valence-electron chi connectivity index (χ4n) is 2.45. The Morgan fingerprint density at radius 2 is 2.14 bits per heavy atom. The summed E-state index contributed by atoms with van der Waals surface area (Å²) in [6.45, 7) is 5.43. The summed E-state index contributed by atoms with van der Waals surface area (Å²) in [6, 6.07) is 10.6. The molecule has 1 N–H and O–H groups in total. The van der Waals surface area contributed by atoms with Crippen LogP contribution >= 0.6 is 35.7 Å². The van der Waals surface area contributed by atoms with Crippen molar-refractivity contribution in [3.8, 4) is 0 Å². The van der Waals surface area contributed by atoms with Gasteiger partial charge in [-0.3, -0.25) is 4.99 Å². The van der Waals surface area contributed by atoms with Crippen LogP contribution in [0, 0.1) is 0 Å². The van der Waals surface area contributed by atoms with Crippen LogP contribution in [0.15, 0.2) is 35.3 Å². The molecule has 1 heterocycles. The molecule has 1 aromatic rings. The number of thioether (sulfide) groups is 1. The van der Waals surface area contributed by atoms with Gasteiger partial charge in [-0.1, -0.05) is 37.3 Å². The molecule has 1 aliphatic rings. The van der Waals surface area contributed by atoms with Gasteiger partial charge in [-0.2, -0.15) is 11.8 Å². The smallest absolute Gasteiger partial charge is 0.193 e. The Bertz CT molecular complexity index is 425. The number of hydrogen-bond acceptors (Lipinski definition) is 2. The van der Waals surface area contributed by atoms with Crippen LogP contribution in [-0.2, 0) is 6.42 Å². The maximum absolute atomic E-state index is 4.43. The lowest BCUT2D eigenvalue weighted by Gasteiger charge is -2.34. The summed E-state index contributed by atoms with van der Waals surface area (Å²) in [5, 5.41) is 4.25. The van der Waals surface area contributed by atoms with Crippen molar-refractivity contribution >= 4 is 41.7 Å². The van der Waals surface area contributed by atoms with Gasteiger partial charge in [0.2, 0.25) is 0 Å². The third kappa shape index (κ3) is 6.06. The zero-order valence-corrected chi connectivity index (χ0v) is 16.1. The summed E-state index contributed by atoms with van der Waals surface area (Å²) in [7, 11) is 1.88. The summed E-state index contributed by atoms with van der Waals surface area (Å²) in [4.78, 5) is 6.83. The predicted octanol–water partition coefficient (Wildman–Crippen LogP) is 3.25. The standard InChI is InChI=1S/C16H25N3S.HI/c1-3-15-13-19(11-12-20-15)16(17-2)18-10-9-14-7-5-4-6-8-14;/h4-8,15H,3,9-13H2,1-2H3,(H,17,18);1H. The van der Waals surface area contributed by atoms with Crippen LogP contribution in [0.25, 0.3) is 0 Å². The van der Waals surface area contributed by atoms with E-state index in [0.29, 0.717) is 0 Å². The van der Waals surface area contributed by atoms with E-state index in [0.717, 1.165) is 37.3 Å². The Balaban J connectivity index is 0.00000220. The Kier molecular flexibility index (Phi) is 9.15. The Labute approximate surface area is 150 Å². The van der Waals surface area contributed by atoms with Gasteiger partial charge in [0.05, 0.1) is 0 Å². The molecule has 0 aromatic heterocycles. The summed E-state index contributed by atoms with van der Waals surface area (Å²) in [5.74, 6) is 2.26. The van der Waals surface area contributed by atoms with Gasteiger partial charge in [-0.25, -0.2) is 0 Å². The molecule has 0 radical (unpaired) electrons. The minimum absolute atomic E-state index is 0. The zero-order valence-electron chi connectivity index (χ0n) is 12.9. The molecule has 1 unspecified atom stereocenters. The molecule has 0 saturated carbocycles. The monoisotopic (exact) mass is 419 g/mol. The number of rotatable bonds is 4. The SMILES string of the molecule is CCC1CN(C(=NC)NCCc2ccccc2)CCS1.I. The number of aliphatic imine (C=N–C) groups is 1. The van der Waals surface area contributed by atoms with E-state index in [-0.39, 0.29) is 24.0 Å². The van der Waals surface area contributed by atoms with E-state index >= 15 is 0 Å². The first-order valence-electron chi connectivity index (χ1n) is 7.44. The summed E-state index contributed by atoms with van der Waals surface area (Å²) in [5.41, 5.74) is 1.37. The first-order chi connectivity index (χ1) is 9.83. The van der Waals surface area contributed by atoms with Crippen LogP contribution in [0.3, 0.4) is 0 Å². The lowest BCUT2D eigenvalue weighted by atomic mass is 10.1. The summed E-state index contributed by atoms with van der Waals surface area (Å²) < 4.78 is 0. The van der Waals surface area contributed by atoms with Gasteiger partial charge in [0, 0.05) is 37.7 Å². The first kappa shape index (κ1) is 18.6. The second kappa shape index (κ2) is 10.3. The van der Waals surface area contributed by atoms with Crippen LogP contribution in [0.1, 0.15) is 18.9 Å². The topological polar surface area (TPSA) is 27.6 Å². The van der Waals surface area contributed by atoms with E-state index in [1.54, 1.807) is 0 Å². The normalized spacial score (nSPS) is 19.0. The molecule has 1 atom stereocenters. The van der Waals surface area contributed by atoms with Gasteiger partial charge < -0.3 is 10.2 Å². The van der Waals surface area contributed by atoms with Gasteiger partial charge in [0.15, 0.2) is 5.96 Å². The van der Waals surface area contributed by atoms with E-state index in [2.05, 4.69) is 64.2 Å². The molecule has 1 aliphatic heterocycles. The quantitative estimate of drug-likeness (QED) is 0.461. The van der Waals surface area contributed by atoms with Gasteiger partial charge in [0.1, 0.15) is 0 Å². The molecule has 1 saturated heterocycles. The lowest BCUT2D eigenvalue weighted by Crippen LogP contribution is -2.48. The van der Waals surface area contributed by atoms with Crippen molar-refractivity contribution in [2.24, 2.45) is 4.99 Å². The second-order valence-electron chi connectivity index (χ2n) is 5.06. The predicted molar refractivity (Wildman–Crippen MR) is 105 cm³/mol. The van der Waals surface area contributed by atoms with E-state index in [4.69, 9.17) is 0 Å². The molecular weight excluding hydrogens is 393 g/mol. The Morgan fingerprint density at radius 1 is 1.38 bits per heavy atom. The Hall–Kier alpha value is -0.430. The van der Waals surface area contributed by atoms with Crippen LogP contribution in [-0.4, -0.2) is 48.5 Å². The van der Waals surface area contributed by atoms with Crippen LogP contribution in [0.2, 0.25) is 0 Å². The minimum Gasteiger partial charge on any atom is -0.356 e. The molecular formula is C16H26IN3S. The van der Waals surface area contributed by atoms with Gasteiger partial charge in [-0.05, 0) is 18.4 Å². The van der Waals surface area contributed by atoms with E-state index < -0.39 is 0 Å². The van der Waals surface area contributed by atoms with Gasteiger partial charge in [0.25, 0.3) is 0 Å². The van der Waals surface area contributed by atoms with E-state index in [1.165, 1.54) is 17.7 Å². The van der Waals surface area contributed by atoms with Crippen LogP contribution in [0.5, 0.6) is 0 Å². The molecule has 21 heavy (non-hydrogen) atoms. The van der Waals surface area contributed by atoms with Crippen LogP contribution in [0.4, 0.5) is 0 Å². The molecule has 1 aromatic carbocycles. The molecule has 2 rings (SSSR count). The molecule has 3 nitrogen and oxygen atoms in total. The molecule has 1 fully saturated rings. The minimum atomic E-state index is 0. The van der Waals surface area contributed by atoms with Crippen molar-refractivity contribution in [1.82, 2.24) is 10.2 Å². The second-order valence-corrected chi connectivity index (χ2v) is 6.46. The number of benzene rings is 1. The van der Waals surface area contributed by atoms with Crippen molar-refractivity contribution in [1.29, 1.82) is 0 Å². The molecule has 118 valence electrons. The van der Waals surface area contributed by atoms with Crippen LogP contribution < -0.4 is 5.32 Å². The molecule has 0 amide bonds. The third-order valence-corrected chi connectivity index (χ3v) is 5.02. The van der Waals surface area contributed by atoms with E-state index in [9.17, 15) is 0 Å². The molecule has 0 spiro atoms. The zero-order chi connectivity index (χ0) is 14.2. The molecule has 5 heteroatoms. The highest BCUT2D eigenvalue weighted by molar-refractivity contribution is 14.0. The first-order valence-corrected chi connectivity index (χ1v) is 8.49. The van der Waals surface area contributed by atoms with Crippen molar-refractivity contribution in [3.63, 3.8) is 0 Å². The molecule has 0 aliphatic carbocycles. The number of guanidine groups is 1. The Morgan fingerprint density at radius 3 is 2.81 bits per heavy atom. The van der Waals surface area contributed by atoms with Crippen molar-refractivity contribution in [2.75, 3.05) is 32.4 Å². The highest BCUT2D eigenvalue weighted by atomic mass is 127. The maximum Gasteiger partial charge on any atom is 0.193 e. The highest BCUT2D eigenvalue weighted by Crippen LogP contribution is 2.20. The largest absolute Gasteiger partial charge is 0.356 e. The maximum atomic E-state index is 4.43. The van der Waals surface area contributed by atoms with Gasteiger partial charge in [-0.15, -0.1) is 24.0 Å². The van der Waals surface area contributed by atoms with Crippen molar-refractivity contribution in [2.45, 2.75) is 25.0 Å². The molecule has 0 bridgehead atoms. The third-order valence-electron chi connectivity index (χ3n) is 3.65. The summed E-state index contributed by atoms with van der Waals surface area (Å²) in [6.07, 6.45) is 2.28. The average molecular weight is 419 g/mol. The number of hydrogen-bond donors (Lipinski definition) is 1. The fraction of sp³-hybridized carbons (Fsp3) is 0.562. The number of nitrogens with zero attached hydrogens (tertiary/aromatic N) is 2. The van der Waals surface area contributed by atoms with Gasteiger partial charge >= 0.3 is 0 Å². The lowest BCUT2D eigenvalue weighted by molar-refractivity contribution is 0.408. The number of nitrogens with one attached hydrogen (secondary N) is 1. The number of halogens is 1.